The van der Waals surface area contributed by atoms with Crippen LogP contribution in [0, 0.1) is 13.8 Å². The summed E-state index contributed by atoms with van der Waals surface area (Å²) in [5.74, 6) is -0.120. The Balaban J connectivity index is 1.59. The second-order valence-electron chi connectivity index (χ2n) is 5.75. The van der Waals surface area contributed by atoms with E-state index in [2.05, 4.69) is 32.7 Å². The van der Waals surface area contributed by atoms with Gasteiger partial charge in [-0.05, 0) is 36.3 Å². The molecule has 0 saturated carbocycles. The first-order valence-corrected chi connectivity index (χ1v) is 8.95. The minimum atomic E-state index is -0.569. The van der Waals surface area contributed by atoms with Gasteiger partial charge in [0.15, 0.2) is 6.04 Å². The zero-order valence-electron chi connectivity index (χ0n) is 14.2. The third-order valence-electron chi connectivity index (χ3n) is 3.93. The van der Waals surface area contributed by atoms with Gasteiger partial charge in [0.05, 0.1) is 10.7 Å². The fourth-order valence-corrected chi connectivity index (χ4v) is 3.52. The molecular weight excluding hydrogens is 336 g/mol. The highest BCUT2D eigenvalue weighted by molar-refractivity contribution is 7.11. The number of aromatic nitrogens is 5. The SMILES string of the molecule is Cc1nc(CCCNC(=O)[C@@H](c2ccccc2)n2cnnn2)sc1C. The molecule has 2 heterocycles. The number of aryl methyl sites for hydroxylation is 3. The molecule has 1 amide bonds. The Kier molecular flexibility index (Phi) is 5.49. The highest BCUT2D eigenvalue weighted by Gasteiger charge is 2.23. The number of thiazole rings is 1. The minimum absolute atomic E-state index is 0.120. The van der Waals surface area contributed by atoms with E-state index in [4.69, 9.17) is 0 Å². The molecule has 0 radical (unpaired) electrons. The highest BCUT2D eigenvalue weighted by Crippen LogP contribution is 2.18. The van der Waals surface area contributed by atoms with E-state index in [9.17, 15) is 4.79 Å². The number of carbonyl (C=O) groups excluding carboxylic acids is 1. The van der Waals surface area contributed by atoms with Crippen LogP contribution in [-0.2, 0) is 11.2 Å². The Labute approximate surface area is 150 Å². The predicted octanol–water partition coefficient (Wildman–Crippen LogP) is 2.08. The van der Waals surface area contributed by atoms with Crippen molar-refractivity contribution < 1.29 is 4.79 Å². The fraction of sp³-hybridized carbons (Fsp3) is 0.353. The lowest BCUT2D eigenvalue weighted by atomic mass is 10.1. The van der Waals surface area contributed by atoms with Gasteiger partial charge in [0, 0.05) is 17.8 Å². The van der Waals surface area contributed by atoms with Gasteiger partial charge in [-0.1, -0.05) is 30.3 Å². The first-order valence-electron chi connectivity index (χ1n) is 8.13. The maximum absolute atomic E-state index is 12.7. The van der Waals surface area contributed by atoms with E-state index in [0.717, 1.165) is 29.1 Å². The molecular formula is C17H20N6OS. The van der Waals surface area contributed by atoms with Gasteiger partial charge in [-0.15, -0.1) is 16.4 Å². The summed E-state index contributed by atoms with van der Waals surface area (Å²) in [4.78, 5) is 18.4. The van der Waals surface area contributed by atoms with Gasteiger partial charge in [-0.25, -0.2) is 9.67 Å². The molecule has 0 bridgehead atoms. The number of hydrogen-bond acceptors (Lipinski definition) is 6. The molecule has 0 aliphatic carbocycles. The van der Waals surface area contributed by atoms with Crippen molar-refractivity contribution in [2.24, 2.45) is 0 Å². The van der Waals surface area contributed by atoms with Crippen LogP contribution in [0.2, 0.25) is 0 Å². The molecule has 130 valence electrons. The summed E-state index contributed by atoms with van der Waals surface area (Å²) in [7, 11) is 0. The van der Waals surface area contributed by atoms with E-state index in [0.29, 0.717) is 6.54 Å². The van der Waals surface area contributed by atoms with Crippen LogP contribution in [0.5, 0.6) is 0 Å². The Bertz CT molecular complexity index is 796. The van der Waals surface area contributed by atoms with Crippen molar-refractivity contribution in [2.45, 2.75) is 32.7 Å². The molecule has 3 aromatic rings. The van der Waals surface area contributed by atoms with E-state index in [1.165, 1.54) is 15.9 Å². The standard InChI is InChI=1S/C17H20N6OS/c1-12-13(2)25-15(20-12)9-6-10-18-17(24)16(23-11-19-21-22-23)14-7-4-3-5-8-14/h3-5,7-8,11,16H,6,9-10H2,1-2H3,(H,18,24)/t16-/m1/s1. The van der Waals surface area contributed by atoms with Gasteiger partial charge in [0.1, 0.15) is 6.33 Å². The Morgan fingerprint density at radius 1 is 1.28 bits per heavy atom. The second kappa shape index (κ2) is 7.98. The van der Waals surface area contributed by atoms with Crippen molar-refractivity contribution in [1.82, 2.24) is 30.5 Å². The van der Waals surface area contributed by atoms with E-state index in [-0.39, 0.29) is 5.91 Å². The van der Waals surface area contributed by atoms with Gasteiger partial charge in [0.25, 0.3) is 0 Å². The largest absolute Gasteiger partial charge is 0.354 e. The summed E-state index contributed by atoms with van der Waals surface area (Å²) in [5, 5.41) is 15.3. The molecule has 0 saturated heterocycles. The third kappa shape index (κ3) is 4.27. The first kappa shape index (κ1) is 17.2. The van der Waals surface area contributed by atoms with Crippen LogP contribution in [0.15, 0.2) is 36.7 Å². The summed E-state index contributed by atoms with van der Waals surface area (Å²) in [6, 6.07) is 8.93. The lowest BCUT2D eigenvalue weighted by molar-refractivity contribution is -0.123. The normalized spacial score (nSPS) is 12.1. The van der Waals surface area contributed by atoms with Crippen molar-refractivity contribution in [1.29, 1.82) is 0 Å². The topological polar surface area (TPSA) is 85.6 Å². The number of amides is 1. The number of benzene rings is 1. The van der Waals surface area contributed by atoms with E-state index in [1.807, 2.05) is 37.3 Å². The summed E-state index contributed by atoms with van der Waals surface area (Å²) >= 11 is 1.72. The monoisotopic (exact) mass is 356 g/mol. The molecule has 7 nitrogen and oxygen atoms in total. The number of rotatable bonds is 7. The summed E-state index contributed by atoms with van der Waals surface area (Å²) in [6.07, 6.45) is 3.16. The van der Waals surface area contributed by atoms with Crippen LogP contribution in [0.25, 0.3) is 0 Å². The Morgan fingerprint density at radius 2 is 2.08 bits per heavy atom. The van der Waals surface area contributed by atoms with E-state index < -0.39 is 6.04 Å². The lowest BCUT2D eigenvalue weighted by Crippen LogP contribution is -2.34. The van der Waals surface area contributed by atoms with Crippen molar-refractivity contribution in [3.63, 3.8) is 0 Å². The second-order valence-corrected chi connectivity index (χ2v) is 7.03. The lowest BCUT2D eigenvalue weighted by Gasteiger charge is -2.16. The number of carbonyl (C=O) groups is 1. The van der Waals surface area contributed by atoms with Crippen LogP contribution in [0.3, 0.4) is 0 Å². The van der Waals surface area contributed by atoms with E-state index >= 15 is 0 Å². The molecule has 2 aromatic heterocycles. The predicted molar refractivity (Wildman–Crippen MR) is 95.3 cm³/mol. The Morgan fingerprint density at radius 3 is 2.72 bits per heavy atom. The average molecular weight is 356 g/mol. The number of nitrogens with one attached hydrogen (secondary N) is 1. The third-order valence-corrected chi connectivity index (χ3v) is 5.07. The number of tetrazole rings is 1. The van der Waals surface area contributed by atoms with Gasteiger partial charge < -0.3 is 5.32 Å². The van der Waals surface area contributed by atoms with Crippen molar-refractivity contribution >= 4 is 17.2 Å². The van der Waals surface area contributed by atoms with Crippen LogP contribution < -0.4 is 5.32 Å². The summed E-state index contributed by atoms with van der Waals surface area (Å²) in [6.45, 7) is 4.69. The average Bonchev–Trinajstić information content (AvgIpc) is 3.24. The zero-order chi connectivity index (χ0) is 17.6. The van der Waals surface area contributed by atoms with E-state index in [1.54, 1.807) is 11.3 Å². The number of hydrogen-bond donors (Lipinski definition) is 1. The molecule has 0 unspecified atom stereocenters. The molecule has 8 heteroatoms. The summed E-state index contributed by atoms with van der Waals surface area (Å²) in [5.41, 5.74) is 1.94. The smallest absolute Gasteiger partial charge is 0.249 e. The van der Waals surface area contributed by atoms with Crippen molar-refractivity contribution in [3.05, 3.63) is 57.8 Å². The quantitative estimate of drug-likeness (QED) is 0.655. The molecule has 1 atom stereocenters. The summed E-state index contributed by atoms with van der Waals surface area (Å²) < 4.78 is 1.47. The van der Waals surface area contributed by atoms with Crippen LogP contribution >= 0.6 is 11.3 Å². The van der Waals surface area contributed by atoms with Crippen LogP contribution in [0.1, 0.15) is 33.6 Å². The molecule has 0 aliphatic heterocycles. The van der Waals surface area contributed by atoms with Crippen LogP contribution in [-0.4, -0.2) is 37.6 Å². The molecule has 0 aliphatic rings. The molecule has 1 N–H and O–H groups in total. The zero-order valence-corrected chi connectivity index (χ0v) is 15.0. The maximum atomic E-state index is 12.7. The van der Waals surface area contributed by atoms with Crippen molar-refractivity contribution in [2.75, 3.05) is 6.54 Å². The highest BCUT2D eigenvalue weighted by atomic mass is 32.1. The molecule has 0 spiro atoms. The molecule has 1 aromatic carbocycles. The van der Waals surface area contributed by atoms with Crippen LogP contribution in [0.4, 0.5) is 0 Å². The molecule has 25 heavy (non-hydrogen) atoms. The molecule has 3 rings (SSSR count). The molecule has 0 fully saturated rings. The van der Waals surface area contributed by atoms with Gasteiger partial charge in [0.2, 0.25) is 5.91 Å². The number of nitrogens with zero attached hydrogens (tertiary/aromatic N) is 5. The van der Waals surface area contributed by atoms with Gasteiger partial charge in [-0.3, -0.25) is 4.79 Å². The van der Waals surface area contributed by atoms with Gasteiger partial charge in [-0.2, -0.15) is 0 Å². The van der Waals surface area contributed by atoms with Crippen molar-refractivity contribution in [3.8, 4) is 0 Å². The Hall–Kier alpha value is -2.61. The maximum Gasteiger partial charge on any atom is 0.249 e. The minimum Gasteiger partial charge on any atom is -0.354 e. The fourth-order valence-electron chi connectivity index (χ4n) is 2.54. The van der Waals surface area contributed by atoms with Gasteiger partial charge >= 0.3 is 0 Å². The first-order chi connectivity index (χ1) is 12.1.